The molecular formula is C10H9F2N. The third-order valence-corrected chi connectivity index (χ3v) is 2.08. The summed E-state index contributed by atoms with van der Waals surface area (Å²) in [6.45, 7) is 1.96. The summed E-state index contributed by atoms with van der Waals surface area (Å²) in [5.41, 5.74) is 1.30. The number of aromatic amines is 1. The van der Waals surface area contributed by atoms with Crippen LogP contribution in [-0.4, -0.2) is 4.98 Å². The minimum absolute atomic E-state index is 0.387. The number of nitrogens with one attached hydrogen (secondary N) is 1. The van der Waals surface area contributed by atoms with Gasteiger partial charge in [0.15, 0.2) is 0 Å². The van der Waals surface area contributed by atoms with E-state index in [-0.39, 0.29) is 0 Å². The zero-order valence-corrected chi connectivity index (χ0v) is 7.20. The summed E-state index contributed by atoms with van der Waals surface area (Å²) < 4.78 is 25.9. The van der Waals surface area contributed by atoms with Crippen molar-refractivity contribution in [2.24, 2.45) is 0 Å². The van der Waals surface area contributed by atoms with Crippen molar-refractivity contribution in [2.45, 2.75) is 13.3 Å². The molecule has 0 bridgehead atoms. The number of benzene rings is 1. The van der Waals surface area contributed by atoms with Gasteiger partial charge in [0.25, 0.3) is 0 Å². The van der Waals surface area contributed by atoms with Crippen molar-refractivity contribution in [2.75, 3.05) is 0 Å². The van der Waals surface area contributed by atoms with Gasteiger partial charge >= 0.3 is 0 Å². The molecule has 0 aliphatic heterocycles. The van der Waals surface area contributed by atoms with Crippen molar-refractivity contribution in [3.05, 3.63) is 35.5 Å². The van der Waals surface area contributed by atoms with E-state index in [1.54, 1.807) is 6.07 Å². The molecule has 0 fully saturated rings. The van der Waals surface area contributed by atoms with Crippen LogP contribution in [0.3, 0.4) is 0 Å². The Labute approximate surface area is 74.4 Å². The molecule has 1 heterocycles. The fourth-order valence-electron chi connectivity index (χ4n) is 1.41. The van der Waals surface area contributed by atoms with E-state index in [0.717, 1.165) is 18.2 Å². The summed E-state index contributed by atoms with van der Waals surface area (Å²) in [6.07, 6.45) is 0.787. The highest BCUT2D eigenvalue weighted by molar-refractivity contribution is 5.81. The van der Waals surface area contributed by atoms with Gasteiger partial charge in [-0.2, -0.15) is 0 Å². The van der Waals surface area contributed by atoms with E-state index in [2.05, 4.69) is 4.98 Å². The van der Waals surface area contributed by atoms with E-state index < -0.39 is 11.6 Å². The van der Waals surface area contributed by atoms with Crippen molar-refractivity contribution in [1.29, 1.82) is 0 Å². The smallest absolute Gasteiger partial charge is 0.150 e. The van der Waals surface area contributed by atoms with Crippen LogP contribution < -0.4 is 0 Å². The van der Waals surface area contributed by atoms with Crippen molar-refractivity contribution in [1.82, 2.24) is 4.98 Å². The summed E-state index contributed by atoms with van der Waals surface area (Å²) in [5.74, 6) is -1.07. The van der Waals surface area contributed by atoms with Gasteiger partial charge in [-0.05, 0) is 18.6 Å². The van der Waals surface area contributed by atoms with Crippen molar-refractivity contribution in [3.8, 4) is 0 Å². The molecule has 1 aromatic carbocycles. The summed E-state index contributed by atoms with van der Waals surface area (Å²) >= 11 is 0. The lowest BCUT2D eigenvalue weighted by molar-refractivity contribution is 0.591. The molecule has 2 aromatic rings. The molecule has 3 heteroatoms. The first kappa shape index (κ1) is 8.23. The first-order valence-corrected chi connectivity index (χ1v) is 4.17. The van der Waals surface area contributed by atoms with Crippen LogP contribution in [0.2, 0.25) is 0 Å². The average molecular weight is 181 g/mol. The van der Waals surface area contributed by atoms with Crippen LogP contribution in [-0.2, 0) is 6.42 Å². The number of hydrogen-bond donors (Lipinski definition) is 1. The molecule has 2 rings (SSSR count). The molecule has 68 valence electrons. The normalized spacial score (nSPS) is 11.0. The SMILES string of the molecule is CCc1cc2cc(F)cc(F)c2[nH]1. The molecular weight excluding hydrogens is 172 g/mol. The van der Waals surface area contributed by atoms with Gasteiger partial charge in [-0.25, -0.2) is 8.78 Å². The molecule has 1 nitrogen and oxygen atoms in total. The van der Waals surface area contributed by atoms with E-state index >= 15 is 0 Å². The van der Waals surface area contributed by atoms with Crippen molar-refractivity contribution >= 4 is 10.9 Å². The molecule has 0 aliphatic rings. The van der Waals surface area contributed by atoms with Crippen molar-refractivity contribution < 1.29 is 8.78 Å². The molecule has 0 aliphatic carbocycles. The number of halogens is 2. The Morgan fingerprint density at radius 3 is 2.69 bits per heavy atom. The lowest BCUT2D eigenvalue weighted by Gasteiger charge is -1.92. The predicted octanol–water partition coefficient (Wildman–Crippen LogP) is 3.01. The van der Waals surface area contributed by atoms with E-state index in [4.69, 9.17) is 0 Å². The number of aromatic nitrogens is 1. The van der Waals surface area contributed by atoms with Gasteiger partial charge < -0.3 is 4.98 Å². The molecule has 1 N–H and O–H groups in total. The van der Waals surface area contributed by atoms with E-state index in [1.165, 1.54) is 6.07 Å². The second-order valence-electron chi connectivity index (χ2n) is 3.00. The summed E-state index contributed by atoms with van der Waals surface area (Å²) in [4.78, 5) is 2.90. The number of fused-ring (bicyclic) bond motifs is 1. The average Bonchev–Trinajstić information content (AvgIpc) is 2.47. The third kappa shape index (κ3) is 1.30. The highest BCUT2D eigenvalue weighted by Crippen LogP contribution is 2.20. The van der Waals surface area contributed by atoms with E-state index in [1.807, 2.05) is 6.92 Å². The van der Waals surface area contributed by atoms with E-state index in [0.29, 0.717) is 10.9 Å². The molecule has 1 aromatic heterocycles. The van der Waals surface area contributed by atoms with Gasteiger partial charge in [0.2, 0.25) is 0 Å². The standard InChI is InChI=1S/C10H9F2N/c1-2-8-4-6-3-7(11)5-9(12)10(6)13-8/h3-5,13H,2H2,1H3. The highest BCUT2D eigenvalue weighted by Gasteiger charge is 2.06. The molecule has 0 saturated carbocycles. The van der Waals surface area contributed by atoms with Gasteiger partial charge in [0, 0.05) is 17.1 Å². The third-order valence-electron chi connectivity index (χ3n) is 2.08. The van der Waals surface area contributed by atoms with Crippen LogP contribution in [0.25, 0.3) is 10.9 Å². The Bertz CT molecular complexity index is 445. The van der Waals surface area contributed by atoms with Crippen LogP contribution in [0.15, 0.2) is 18.2 Å². The topological polar surface area (TPSA) is 15.8 Å². The fraction of sp³-hybridized carbons (Fsp3) is 0.200. The van der Waals surface area contributed by atoms with Gasteiger partial charge in [0.05, 0.1) is 5.52 Å². The minimum Gasteiger partial charge on any atom is -0.356 e. The highest BCUT2D eigenvalue weighted by atomic mass is 19.1. The molecule has 0 amide bonds. The molecule has 13 heavy (non-hydrogen) atoms. The fourth-order valence-corrected chi connectivity index (χ4v) is 1.41. The largest absolute Gasteiger partial charge is 0.356 e. The summed E-state index contributed by atoms with van der Waals surface area (Å²) in [5, 5.41) is 0.592. The zero-order chi connectivity index (χ0) is 9.42. The zero-order valence-electron chi connectivity index (χ0n) is 7.20. The van der Waals surface area contributed by atoms with Gasteiger partial charge in [-0.3, -0.25) is 0 Å². The van der Waals surface area contributed by atoms with Crippen LogP contribution in [0.1, 0.15) is 12.6 Å². The Morgan fingerprint density at radius 2 is 2.00 bits per heavy atom. The quantitative estimate of drug-likeness (QED) is 0.696. The summed E-state index contributed by atoms with van der Waals surface area (Å²) in [7, 11) is 0. The Balaban J connectivity index is 2.75. The van der Waals surface area contributed by atoms with Crippen LogP contribution in [0.5, 0.6) is 0 Å². The van der Waals surface area contributed by atoms with Crippen molar-refractivity contribution in [3.63, 3.8) is 0 Å². The maximum Gasteiger partial charge on any atom is 0.150 e. The number of H-pyrrole nitrogens is 1. The second kappa shape index (κ2) is 2.83. The number of aryl methyl sites for hydroxylation is 1. The maximum absolute atomic E-state index is 13.1. The molecule has 0 saturated heterocycles. The van der Waals surface area contributed by atoms with Gasteiger partial charge in [-0.1, -0.05) is 6.92 Å². The first-order chi connectivity index (χ1) is 6.20. The Hall–Kier alpha value is -1.38. The number of hydrogen-bond acceptors (Lipinski definition) is 0. The van der Waals surface area contributed by atoms with Crippen LogP contribution >= 0.6 is 0 Å². The van der Waals surface area contributed by atoms with E-state index in [9.17, 15) is 8.78 Å². The molecule has 0 atom stereocenters. The minimum atomic E-state index is -0.536. The summed E-state index contributed by atoms with van der Waals surface area (Å²) in [6, 6.07) is 3.98. The molecule has 0 unspecified atom stereocenters. The molecule has 0 radical (unpaired) electrons. The number of rotatable bonds is 1. The maximum atomic E-state index is 13.1. The van der Waals surface area contributed by atoms with Gasteiger partial charge in [-0.15, -0.1) is 0 Å². The van der Waals surface area contributed by atoms with Crippen LogP contribution in [0.4, 0.5) is 8.78 Å². The van der Waals surface area contributed by atoms with Crippen LogP contribution in [0, 0.1) is 11.6 Å². The second-order valence-corrected chi connectivity index (χ2v) is 3.00. The predicted molar refractivity (Wildman–Crippen MR) is 47.6 cm³/mol. The molecule has 0 spiro atoms. The lowest BCUT2D eigenvalue weighted by Crippen LogP contribution is -1.81. The lowest BCUT2D eigenvalue weighted by atomic mass is 10.2. The Morgan fingerprint density at radius 1 is 1.23 bits per heavy atom. The Kier molecular flexibility index (Phi) is 1.79. The van der Waals surface area contributed by atoms with Gasteiger partial charge in [0.1, 0.15) is 11.6 Å². The monoisotopic (exact) mass is 181 g/mol. The first-order valence-electron chi connectivity index (χ1n) is 4.17.